The number of nitrogens with zero attached hydrogens (tertiary/aromatic N) is 4. The van der Waals surface area contributed by atoms with E-state index < -0.39 is 0 Å². The third-order valence-corrected chi connectivity index (χ3v) is 4.68. The number of halogens is 1. The first-order chi connectivity index (χ1) is 12.7. The van der Waals surface area contributed by atoms with E-state index in [0.717, 1.165) is 10.6 Å². The van der Waals surface area contributed by atoms with E-state index in [4.69, 9.17) is 11.6 Å². The van der Waals surface area contributed by atoms with Crippen molar-refractivity contribution >= 4 is 35.0 Å². The number of likely N-dealkylation sites (N-methyl/N-ethyl adjacent to an activating group) is 1. The molecular formula is C19H17ClN4OS. The molecule has 5 nitrogen and oxygen atoms in total. The Kier molecular flexibility index (Phi) is 6.09. The van der Waals surface area contributed by atoms with Gasteiger partial charge in [0.1, 0.15) is 5.69 Å². The number of hydrogen-bond donors (Lipinski definition) is 0. The van der Waals surface area contributed by atoms with Gasteiger partial charge in [-0.05, 0) is 36.6 Å². The van der Waals surface area contributed by atoms with Crippen LogP contribution in [0.4, 0.5) is 5.69 Å². The Balaban J connectivity index is 1.76. The van der Waals surface area contributed by atoms with E-state index in [0.29, 0.717) is 12.2 Å². The molecule has 1 amide bonds. The standard InChI is InChI=1S/C19H17ClN4OS/c1-2-23(18(25)10-12-26-16-8-4-3-5-9-16)17-14-24(22-19(17)20)15-7-6-11-21-13-15/h3-14H,2H2,1H3/b12-10+. The molecule has 0 spiro atoms. The molecular weight excluding hydrogens is 368 g/mol. The minimum Gasteiger partial charge on any atom is -0.305 e. The van der Waals surface area contributed by atoms with Gasteiger partial charge in [0.25, 0.3) is 5.91 Å². The van der Waals surface area contributed by atoms with Crippen molar-refractivity contribution in [2.75, 3.05) is 11.4 Å². The SMILES string of the molecule is CCN(C(=O)/C=C/Sc1ccccc1)c1cn(-c2cccnc2)nc1Cl. The molecule has 0 bridgehead atoms. The highest BCUT2D eigenvalue weighted by Crippen LogP contribution is 2.26. The van der Waals surface area contributed by atoms with Crippen LogP contribution in [0.1, 0.15) is 6.92 Å². The second kappa shape index (κ2) is 8.69. The van der Waals surface area contributed by atoms with Crippen molar-refractivity contribution in [1.82, 2.24) is 14.8 Å². The fraction of sp³-hybridized carbons (Fsp3) is 0.105. The van der Waals surface area contributed by atoms with Crippen LogP contribution in [0.5, 0.6) is 0 Å². The molecule has 3 rings (SSSR count). The zero-order valence-corrected chi connectivity index (χ0v) is 15.7. The zero-order chi connectivity index (χ0) is 18.4. The third kappa shape index (κ3) is 4.33. The van der Waals surface area contributed by atoms with Gasteiger partial charge in [-0.15, -0.1) is 0 Å². The summed E-state index contributed by atoms with van der Waals surface area (Å²) < 4.78 is 1.61. The van der Waals surface area contributed by atoms with E-state index in [1.54, 1.807) is 39.7 Å². The van der Waals surface area contributed by atoms with E-state index >= 15 is 0 Å². The first-order valence-electron chi connectivity index (χ1n) is 8.04. The van der Waals surface area contributed by atoms with Crippen LogP contribution in [0.2, 0.25) is 5.15 Å². The van der Waals surface area contributed by atoms with Crippen molar-refractivity contribution in [3.05, 3.63) is 77.7 Å². The van der Waals surface area contributed by atoms with Crippen molar-refractivity contribution < 1.29 is 4.79 Å². The predicted octanol–water partition coefficient (Wildman–Crippen LogP) is 4.58. The molecule has 132 valence electrons. The monoisotopic (exact) mass is 384 g/mol. The second-order valence-electron chi connectivity index (χ2n) is 5.28. The van der Waals surface area contributed by atoms with Crippen LogP contribution >= 0.6 is 23.4 Å². The summed E-state index contributed by atoms with van der Waals surface area (Å²) in [7, 11) is 0. The summed E-state index contributed by atoms with van der Waals surface area (Å²) in [5, 5.41) is 6.33. The molecule has 0 fully saturated rings. The van der Waals surface area contributed by atoms with E-state index in [9.17, 15) is 4.79 Å². The summed E-state index contributed by atoms with van der Waals surface area (Å²) in [4.78, 5) is 19.3. The molecule has 0 saturated carbocycles. The van der Waals surface area contributed by atoms with Gasteiger partial charge in [0.15, 0.2) is 5.15 Å². The van der Waals surface area contributed by atoms with Crippen LogP contribution in [0, 0.1) is 0 Å². The number of rotatable bonds is 6. The number of hydrogen-bond acceptors (Lipinski definition) is 4. The van der Waals surface area contributed by atoms with Crippen LogP contribution in [0.25, 0.3) is 5.69 Å². The molecule has 0 atom stereocenters. The maximum absolute atomic E-state index is 12.6. The van der Waals surface area contributed by atoms with Gasteiger partial charge in [-0.2, -0.15) is 5.10 Å². The van der Waals surface area contributed by atoms with Gasteiger partial charge >= 0.3 is 0 Å². The Labute approximate surface area is 161 Å². The lowest BCUT2D eigenvalue weighted by atomic mass is 10.4. The molecule has 0 aliphatic rings. The lowest BCUT2D eigenvalue weighted by Crippen LogP contribution is -2.28. The van der Waals surface area contributed by atoms with Gasteiger partial charge in [0.2, 0.25) is 0 Å². The second-order valence-corrected chi connectivity index (χ2v) is 6.61. The van der Waals surface area contributed by atoms with E-state index in [1.165, 1.54) is 11.8 Å². The van der Waals surface area contributed by atoms with Gasteiger partial charge in [0.05, 0.1) is 18.1 Å². The molecule has 0 unspecified atom stereocenters. The minimum atomic E-state index is -0.149. The van der Waals surface area contributed by atoms with Crippen molar-refractivity contribution in [2.24, 2.45) is 0 Å². The van der Waals surface area contributed by atoms with Gasteiger partial charge in [-0.3, -0.25) is 9.78 Å². The number of thioether (sulfide) groups is 1. The fourth-order valence-corrected chi connectivity index (χ4v) is 3.24. The van der Waals surface area contributed by atoms with Crippen LogP contribution < -0.4 is 4.90 Å². The molecule has 3 aromatic rings. The molecule has 26 heavy (non-hydrogen) atoms. The normalized spacial score (nSPS) is 11.0. The third-order valence-electron chi connectivity index (χ3n) is 3.59. The number of benzene rings is 1. The Morgan fingerprint density at radius 3 is 2.77 bits per heavy atom. The van der Waals surface area contributed by atoms with Crippen molar-refractivity contribution in [3.63, 3.8) is 0 Å². The van der Waals surface area contributed by atoms with E-state index in [1.807, 2.05) is 49.4 Å². The van der Waals surface area contributed by atoms with Crippen molar-refractivity contribution in [2.45, 2.75) is 11.8 Å². The maximum Gasteiger partial charge on any atom is 0.251 e. The lowest BCUT2D eigenvalue weighted by Gasteiger charge is -2.17. The zero-order valence-electron chi connectivity index (χ0n) is 14.1. The highest BCUT2D eigenvalue weighted by molar-refractivity contribution is 8.02. The summed E-state index contributed by atoms with van der Waals surface area (Å²) in [6.07, 6.45) is 6.64. The van der Waals surface area contributed by atoms with Gasteiger partial charge in [-0.25, -0.2) is 4.68 Å². The van der Waals surface area contributed by atoms with Crippen LogP contribution in [-0.4, -0.2) is 27.2 Å². The molecule has 7 heteroatoms. The Bertz CT molecular complexity index is 896. The molecule has 0 N–H and O–H groups in total. The highest BCUT2D eigenvalue weighted by Gasteiger charge is 2.18. The maximum atomic E-state index is 12.6. The topological polar surface area (TPSA) is 51.0 Å². The van der Waals surface area contributed by atoms with Crippen LogP contribution in [0.3, 0.4) is 0 Å². The first kappa shape index (κ1) is 18.2. The van der Waals surface area contributed by atoms with Gasteiger partial charge in [0, 0.05) is 23.7 Å². The summed E-state index contributed by atoms with van der Waals surface area (Å²) in [5.41, 5.74) is 1.34. The van der Waals surface area contributed by atoms with Crippen molar-refractivity contribution in [3.8, 4) is 5.69 Å². The minimum absolute atomic E-state index is 0.149. The van der Waals surface area contributed by atoms with Gasteiger partial charge < -0.3 is 4.90 Å². The first-order valence-corrected chi connectivity index (χ1v) is 9.30. The summed E-state index contributed by atoms with van der Waals surface area (Å²) in [6.45, 7) is 2.38. The number of aromatic nitrogens is 3. The lowest BCUT2D eigenvalue weighted by molar-refractivity contribution is -0.114. The average molecular weight is 385 g/mol. The number of carbonyl (C=O) groups is 1. The predicted molar refractivity (Wildman–Crippen MR) is 106 cm³/mol. The molecule has 0 radical (unpaired) electrons. The van der Waals surface area contributed by atoms with Crippen molar-refractivity contribution in [1.29, 1.82) is 0 Å². The molecule has 0 saturated heterocycles. The summed E-state index contributed by atoms with van der Waals surface area (Å²) >= 11 is 7.75. The molecule has 2 aromatic heterocycles. The molecule has 0 aliphatic heterocycles. The summed E-state index contributed by atoms with van der Waals surface area (Å²) in [5.74, 6) is -0.149. The number of pyridine rings is 1. The van der Waals surface area contributed by atoms with E-state index in [-0.39, 0.29) is 11.1 Å². The smallest absolute Gasteiger partial charge is 0.251 e. The molecule has 0 aliphatic carbocycles. The summed E-state index contributed by atoms with van der Waals surface area (Å²) in [6, 6.07) is 13.6. The van der Waals surface area contributed by atoms with E-state index in [2.05, 4.69) is 10.1 Å². The number of amides is 1. The highest BCUT2D eigenvalue weighted by atomic mass is 35.5. The average Bonchev–Trinajstić information content (AvgIpc) is 3.06. The number of carbonyl (C=O) groups excluding carboxylic acids is 1. The molecule has 2 heterocycles. The Morgan fingerprint density at radius 1 is 1.27 bits per heavy atom. The van der Waals surface area contributed by atoms with Gasteiger partial charge in [-0.1, -0.05) is 41.6 Å². The quantitative estimate of drug-likeness (QED) is 0.461. The Morgan fingerprint density at radius 2 is 2.08 bits per heavy atom. The van der Waals surface area contributed by atoms with Crippen LogP contribution in [-0.2, 0) is 4.79 Å². The Hall–Kier alpha value is -2.57. The number of anilines is 1. The van der Waals surface area contributed by atoms with Crippen LogP contribution in [0.15, 0.2) is 77.4 Å². The molecule has 1 aromatic carbocycles. The fourth-order valence-electron chi connectivity index (χ4n) is 2.35. The largest absolute Gasteiger partial charge is 0.305 e.